The van der Waals surface area contributed by atoms with Gasteiger partial charge in [-0.2, -0.15) is 0 Å². The molecule has 2 aromatic rings. The van der Waals surface area contributed by atoms with Crippen molar-refractivity contribution in [3.05, 3.63) is 41.3 Å². The van der Waals surface area contributed by atoms with Gasteiger partial charge in [-0.15, -0.1) is 0 Å². The molecule has 0 radical (unpaired) electrons. The first-order valence-corrected chi connectivity index (χ1v) is 7.27. The first-order valence-electron chi connectivity index (χ1n) is 6.48. The van der Waals surface area contributed by atoms with Crippen molar-refractivity contribution in [3.8, 4) is 11.3 Å². The molecule has 0 saturated carbocycles. The van der Waals surface area contributed by atoms with E-state index >= 15 is 0 Å². The number of hydrogen-bond donors (Lipinski definition) is 1. The highest BCUT2D eigenvalue weighted by atomic mass is 79.9. The molecule has 2 rings (SSSR count). The zero-order chi connectivity index (χ0) is 14.0. The van der Waals surface area contributed by atoms with Crippen molar-refractivity contribution in [1.82, 2.24) is 9.55 Å². The van der Waals surface area contributed by atoms with Crippen LogP contribution in [-0.2, 0) is 5.54 Å². The molecule has 3 nitrogen and oxygen atoms in total. The molecule has 0 aliphatic carbocycles. The number of rotatable bonds is 4. The quantitative estimate of drug-likeness (QED) is 0.934. The predicted octanol–water partition coefficient (Wildman–Crippen LogP) is 3.64. The number of hydrogen-bond acceptors (Lipinski definition) is 2. The van der Waals surface area contributed by atoms with Crippen molar-refractivity contribution in [1.29, 1.82) is 0 Å². The zero-order valence-electron chi connectivity index (χ0n) is 11.6. The van der Waals surface area contributed by atoms with Gasteiger partial charge in [-0.25, -0.2) is 4.98 Å². The SMILES string of the molecule is CC(C)C(C)(CN)n1cncc1-c1ccccc1Br. The molecule has 0 aliphatic rings. The zero-order valence-corrected chi connectivity index (χ0v) is 13.2. The van der Waals surface area contributed by atoms with E-state index < -0.39 is 0 Å². The molecular weight excluding hydrogens is 302 g/mol. The molecule has 1 heterocycles. The lowest BCUT2D eigenvalue weighted by Gasteiger charge is -2.35. The van der Waals surface area contributed by atoms with Crippen LogP contribution in [0.5, 0.6) is 0 Å². The Morgan fingerprint density at radius 1 is 1.37 bits per heavy atom. The summed E-state index contributed by atoms with van der Waals surface area (Å²) in [5.74, 6) is 0.424. The molecule has 0 spiro atoms. The summed E-state index contributed by atoms with van der Waals surface area (Å²) in [4.78, 5) is 4.32. The number of nitrogens with zero attached hydrogens (tertiary/aromatic N) is 2. The topological polar surface area (TPSA) is 43.8 Å². The first-order chi connectivity index (χ1) is 9.00. The molecule has 0 saturated heterocycles. The highest BCUT2D eigenvalue weighted by molar-refractivity contribution is 9.10. The maximum absolute atomic E-state index is 6.02. The van der Waals surface area contributed by atoms with Crippen LogP contribution in [-0.4, -0.2) is 16.1 Å². The summed E-state index contributed by atoms with van der Waals surface area (Å²) in [5, 5.41) is 0. The average molecular weight is 322 g/mol. The molecule has 4 heteroatoms. The normalized spacial score (nSPS) is 14.6. The van der Waals surface area contributed by atoms with Gasteiger partial charge in [-0.05, 0) is 18.9 Å². The minimum atomic E-state index is -0.138. The molecule has 2 N–H and O–H groups in total. The third kappa shape index (κ3) is 2.47. The van der Waals surface area contributed by atoms with Gasteiger partial charge < -0.3 is 10.3 Å². The van der Waals surface area contributed by atoms with Gasteiger partial charge in [-0.1, -0.05) is 48.0 Å². The summed E-state index contributed by atoms with van der Waals surface area (Å²) in [6.45, 7) is 7.14. The van der Waals surface area contributed by atoms with Crippen molar-refractivity contribution < 1.29 is 0 Å². The summed E-state index contributed by atoms with van der Waals surface area (Å²) in [6.07, 6.45) is 3.78. The lowest BCUT2D eigenvalue weighted by Crippen LogP contribution is -2.42. The Kier molecular flexibility index (Phi) is 4.11. The van der Waals surface area contributed by atoms with Gasteiger partial charge in [-0.3, -0.25) is 0 Å². The molecule has 1 aromatic heterocycles. The van der Waals surface area contributed by atoms with Crippen molar-refractivity contribution in [3.63, 3.8) is 0 Å². The number of benzene rings is 1. The average Bonchev–Trinajstić information content (AvgIpc) is 2.87. The number of nitrogens with two attached hydrogens (primary N) is 1. The van der Waals surface area contributed by atoms with E-state index in [9.17, 15) is 0 Å². The summed E-state index contributed by atoms with van der Waals surface area (Å²) in [7, 11) is 0. The second-order valence-electron chi connectivity index (χ2n) is 5.34. The molecule has 1 unspecified atom stereocenters. The smallest absolute Gasteiger partial charge is 0.0956 e. The second-order valence-corrected chi connectivity index (χ2v) is 6.20. The van der Waals surface area contributed by atoms with Crippen molar-refractivity contribution in [2.24, 2.45) is 11.7 Å². The van der Waals surface area contributed by atoms with E-state index in [4.69, 9.17) is 5.73 Å². The molecule has 0 aliphatic heterocycles. The van der Waals surface area contributed by atoms with Gasteiger partial charge >= 0.3 is 0 Å². The lowest BCUT2D eigenvalue weighted by molar-refractivity contribution is 0.233. The van der Waals surface area contributed by atoms with E-state index in [1.165, 1.54) is 0 Å². The Labute approximate surface area is 123 Å². The van der Waals surface area contributed by atoms with Crippen molar-refractivity contribution in [2.75, 3.05) is 6.54 Å². The van der Waals surface area contributed by atoms with E-state index in [0.717, 1.165) is 15.7 Å². The van der Waals surface area contributed by atoms with Crippen LogP contribution in [0.4, 0.5) is 0 Å². The highest BCUT2D eigenvalue weighted by Gasteiger charge is 2.30. The molecule has 0 fully saturated rings. The molecule has 1 aromatic carbocycles. The molecule has 1 atom stereocenters. The van der Waals surface area contributed by atoms with Crippen molar-refractivity contribution >= 4 is 15.9 Å². The number of halogens is 1. The van der Waals surface area contributed by atoms with Crippen LogP contribution in [0, 0.1) is 5.92 Å². The van der Waals surface area contributed by atoms with Gasteiger partial charge in [0.15, 0.2) is 0 Å². The van der Waals surface area contributed by atoms with Gasteiger partial charge in [0.05, 0.1) is 23.8 Å². The van der Waals surface area contributed by atoms with Crippen molar-refractivity contribution in [2.45, 2.75) is 26.3 Å². The standard InChI is InChI=1S/C15H20BrN3/c1-11(2)15(3,9-17)19-10-18-8-14(19)12-6-4-5-7-13(12)16/h4-8,10-11H,9,17H2,1-3H3. The van der Waals surface area contributed by atoms with Crippen LogP contribution < -0.4 is 5.73 Å². The summed E-state index contributed by atoms with van der Waals surface area (Å²) in [6, 6.07) is 8.18. The Balaban J connectivity index is 2.58. The Hall–Kier alpha value is -1.13. The number of aromatic nitrogens is 2. The third-order valence-corrected chi connectivity index (χ3v) is 4.69. The lowest BCUT2D eigenvalue weighted by atomic mass is 9.87. The molecule has 0 bridgehead atoms. The van der Waals surface area contributed by atoms with Gasteiger partial charge in [0.1, 0.15) is 0 Å². The monoisotopic (exact) mass is 321 g/mol. The second kappa shape index (κ2) is 5.47. The van der Waals surface area contributed by atoms with Crippen LogP contribution in [0.25, 0.3) is 11.3 Å². The van der Waals surface area contributed by atoms with E-state index in [1.807, 2.05) is 30.7 Å². The van der Waals surface area contributed by atoms with Gasteiger partial charge in [0.25, 0.3) is 0 Å². The molecule has 0 amide bonds. The largest absolute Gasteiger partial charge is 0.328 e. The summed E-state index contributed by atoms with van der Waals surface area (Å²) >= 11 is 3.61. The van der Waals surface area contributed by atoms with E-state index in [0.29, 0.717) is 12.5 Å². The maximum atomic E-state index is 6.02. The Morgan fingerprint density at radius 3 is 2.63 bits per heavy atom. The third-order valence-electron chi connectivity index (χ3n) is 4.00. The van der Waals surface area contributed by atoms with Gasteiger partial charge in [0, 0.05) is 16.6 Å². The minimum absolute atomic E-state index is 0.138. The summed E-state index contributed by atoms with van der Waals surface area (Å²) in [5.41, 5.74) is 8.12. The van der Waals surface area contributed by atoms with E-state index in [1.54, 1.807) is 0 Å². The van der Waals surface area contributed by atoms with E-state index in [2.05, 4.69) is 52.3 Å². The van der Waals surface area contributed by atoms with Crippen LogP contribution in [0.15, 0.2) is 41.3 Å². The van der Waals surface area contributed by atoms with Crippen LogP contribution in [0.1, 0.15) is 20.8 Å². The maximum Gasteiger partial charge on any atom is 0.0956 e. The fraction of sp³-hybridized carbons (Fsp3) is 0.400. The molecule has 102 valence electrons. The fourth-order valence-corrected chi connectivity index (χ4v) is 2.67. The number of imidazole rings is 1. The van der Waals surface area contributed by atoms with Gasteiger partial charge in [0.2, 0.25) is 0 Å². The fourth-order valence-electron chi connectivity index (χ4n) is 2.18. The minimum Gasteiger partial charge on any atom is -0.328 e. The van der Waals surface area contributed by atoms with E-state index in [-0.39, 0.29) is 5.54 Å². The predicted molar refractivity (Wildman–Crippen MR) is 82.9 cm³/mol. The Morgan fingerprint density at radius 2 is 2.05 bits per heavy atom. The first kappa shape index (κ1) is 14.3. The molecular formula is C15H20BrN3. The highest BCUT2D eigenvalue weighted by Crippen LogP contribution is 2.33. The van der Waals surface area contributed by atoms with Crippen LogP contribution >= 0.6 is 15.9 Å². The molecule has 19 heavy (non-hydrogen) atoms. The van der Waals surface area contributed by atoms with Crippen LogP contribution in [0.2, 0.25) is 0 Å². The van der Waals surface area contributed by atoms with Crippen LogP contribution in [0.3, 0.4) is 0 Å². The Bertz CT molecular complexity index is 562. The summed E-state index contributed by atoms with van der Waals surface area (Å²) < 4.78 is 3.26.